The molecule has 0 N–H and O–H groups in total. The first-order chi connectivity index (χ1) is 8.97. The minimum Gasteiger partial charge on any atom is -0.482 e. The maximum absolute atomic E-state index is 13.1. The molecule has 1 aromatic heterocycles. The number of benzene rings is 1. The Morgan fingerprint density at radius 1 is 1.21 bits per heavy atom. The summed E-state index contributed by atoms with van der Waals surface area (Å²) in [5, 5.41) is -0.0313. The largest absolute Gasteiger partial charge is 0.482 e. The Bertz CT molecular complexity index is 679. The van der Waals surface area contributed by atoms with E-state index < -0.39 is 11.7 Å². The van der Waals surface area contributed by atoms with Crippen molar-refractivity contribution in [2.75, 3.05) is 0 Å². The van der Waals surface area contributed by atoms with E-state index in [2.05, 4.69) is 9.98 Å². The van der Waals surface area contributed by atoms with Gasteiger partial charge in [0.2, 0.25) is 0 Å². The first kappa shape index (κ1) is 12.0. The van der Waals surface area contributed by atoms with Crippen LogP contribution in [-0.4, -0.2) is 17.3 Å². The lowest BCUT2D eigenvalue weighted by atomic mass is 10.1. The second-order valence-electron chi connectivity index (χ2n) is 4.27. The molecule has 1 atom stereocenters. The zero-order valence-electron chi connectivity index (χ0n) is 9.90. The van der Waals surface area contributed by atoms with Gasteiger partial charge in [-0.15, -0.1) is 0 Å². The fourth-order valence-electron chi connectivity index (χ4n) is 2.06. The Morgan fingerprint density at radius 3 is 2.74 bits per heavy atom. The third-order valence-electron chi connectivity index (χ3n) is 2.87. The van der Waals surface area contributed by atoms with Crippen molar-refractivity contribution in [1.82, 2.24) is 4.98 Å². The molecule has 1 aromatic carbocycles. The number of halogens is 3. The Kier molecular flexibility index (Phi) is 2.48. The number of rotatable bonds is 0. The number of hydrogen-bond donors (Lipinski definition) is 0. The normalized spacial score (nSPS) is 18.2. The van der Waals surface area contributed by atoms with E-state index in [-0.39, 0.29) is 22.8 Å². The summed E-state index contributed by atoms with van der Waals surface area (Å²) in [4.78, 5) is 8.06. The van der Waals surface area contributed by atoms with Gasteiger partial charge in [-0.3, -0.25) is 9.98 Å². The number of hydrogen-bond acceptors (Lipinski definition) is 3. The van der Waals surface area contributed by atoms with Crippen molar-refractivity contribution >= 4 is 22.8 Å². The van der Waals surface area contributed by atoms with E-state index in [1.807, 2.05) is 0 Å². The number of ether oxygens (including phenoxy) is 1. The second-order valence-corrected chi connectivity index (χ2v) is 4.27. The van der Waals surface area contributed by atoms with Crippen molar-refractivity contribution < 1.29 is 17.9 Å². The van der Waals surface area contributed by atoms with Gasteiger partial charge in [-0.1, -0.05) is 0 Å². The van der Waals surface area contributed by atoms with Crippen LogP contribution in [0, 0.1) is 0 Å². The molecule has 1 aliphatic rings. The maximum atomic E-state index is 13.1. The molecule has 0 saturated heterocycles. The summed E-state index contributed by atoms with van der Waals surface area (Å²) in [5.74, 6) is 0.146. The van der Waals surface area contributed by atoms with Gasteiger partial charge in [0, 0.05) is 12.4 Å². The van der Waals surface area contributed by atoms with Gasteiger partial charge < -0.3 is 4.74 Å². The van der Waals surface area contributed by atoms with Crippen LogP contribution in [0.1, 0.15) is 12.5 Å². The second kappa shape index (κ2) is 3.94. The third-order valence-corrected chi connectivity index (χ3v) is 2.87. The number of aromatic nitrogens is 1. The quantitative estimate of drug-likeness (QED) is 0.728. The summed E-state index contributed by atoms with van der Waals surface area (Å²) in [6, 6.07) is 4.07. The SMILES string of the molecule is CC1C=Nc2ccc3nccc(C(F)(F)F)c3c2O1. The molecule has 0 bridgehead atoms. The summed E-state index contributed by atoms with van der Waals surface area (Å²) >= 11 is 0. The topological polar surface area (TPSA) is 34.5 Å². The minimum absolute atomic E-state index is 0.0313. The monoisotopic (exact) mass is 266 g/mol. The van der Waals surface area contributed by atoms with Crippen LogP contribution < -0.4 is 4.74 Å². The first-order valence-corrected chi connectivity index (χ1v) is 5.66. The Hall–Kier alpha value is -2.11. The van der Waals surface area contributed by atoms with E-state index in [1.165, 1.54) is 6.07 Å². The lowest BCUT2D eigenvalue weighted by Gasteiger charge is -2.20. The highest BCUT2D eigenvalue weighted by Gasteiger charge is 2.35. The molecule has 3 rings (SSSR count). The highest BCUT2D eigenvalue weighted by Crippen LogP contribution is 2.43. The van der Waals surface area contributed by atoms with Crippen LogP contribution in [-0.2, 0) is 6.18 Å². The molecule has 1 aliphatic heterocycles. The molecule has 0 amide bonds. The van der Waals surface area contributed by atoms with Gasteiger partial charge in [0.25, 0.3) is 0 Å². The summed E-state index contributed by atoms with van der Waals surface area (Å²) in [7, 11) is 0. The molecular weight excluding hydrogens is 257 g/mol. The van der Waals surface area contributed by atoms with Crippen molar-refractivity contribution in [2.45, 2.75) is 19.2 Å². The average molecular weight is 266 g/mol. The van der Waals surface area contributed by atoms with Crippen molar-refractivity contribution in [1.29, 1.82) is 0 Å². The van der Waals surface area contributed by atoms with Crippen LogP contribution in [0.25, 0.3) is 10.9 Å². The van der Waals surface area contributed by atoms with Crippen LogP contribution in [0.2, 0.25) is 0 Å². The molecular formula is C13H9F3N2O. The number of alkyl halides is 3. The Labute approximate surface area is 106 Å². The smallest absolute Gasteiger partial charge is 0.417 e. The predicted octanol–water partition coefficient (Wildman–Crippen LogP) is 3.74. The molecule has 6 heteroatoms. The molecule has 3 nitrogen and oxygen atoms in total. The number of pyridine rings is 1. The van der Waals surface area contributed by atoms with Crippen molar-refractivity contribution in [2.24, 2.45) is 4.99 Å². The summed E-state index contributed by atoms with van der Waals surface area (Å²) in [6.45, 7) is 1.72. The summed E-state index contributed by atoms with van der Waals surface area (Å²) in [6.07, 6.45) is -2.12. The van der Waals surface area contributed by atoms with E-state index in [0.717, 1.165) is 12.3 Å². The van der Waals surface area contributed by atoms with Gasteiger partial charge in [0.1, 0.15) is 11.8 Å². The molecule has 1 unspecified atom stereocenters. The van der Waals surface area contributed by atoms with Crippen LogP contribution in [0.3, 0.4) is 0 Å². The third kappa shape index (κ3) is 1.93. The molecule has 0 aliphatic carbocycles. The lowest BCUT2D eigenvalue weighted by Crippen LogP contribution is -2.17. The zero-order chi connectivity index (χ0) is 13.6. The molecule has 0 radical (unpaired) electrons. The molecule has 2 aromatic rings. The summed E-state index contributed by atoms with van der Waals surface area (Å²) < 4.78 is 44.7. The summed E-state index contributed by atoms with van der Waals surface area (Å²) in [5.41, 5.74) is -0.111. The first-order valence-electron chi connectivity index (χ1n) is 5.66. The van der Waals surface area contributed by atoms with Gasteiger partial charge in [0.05, 0.1) is 16.5 Å². The molecule has 2 heterocycles. The number of aliphatic imine (C=N–C) groups is 1. The van der Waals surface area contributed by atoms with Gasteiger partial charge >= 0.3 is 6.18 Å². The van der Waals surface area contributed by atoms with Gasteiger partial charge in [-0.05, 0) is 25.1 Å². The predicted molar refractivity (Wildman–Crippen MR) is 65.0 cm³/mol. The highest BCUT2D eigenvalue weighted by molar-refractivity contribution is 5.95. The van der Waals surface area contributed by atoms with Crippen LogP contribution in [0.4, 0.5) is 18.9 Å². The van der Waals surface area contributed by atoms with E-state index in [4.69, 9.17) is 4.74 Å². The van der Waals surface area contributed by atoms with E-state index in [9.17, 15) is 13.2 Å². The fraction of sp³-hybridized carbons (Fsp3) is 0.231. The highest BCUT2D eigenvalue weighted by atomic mass is 19.4. The van der Waals surface area contributed by atoms with Crippen molar-refractivity contribution in [3.05, 3.63) is 30.0 Å². The standard InChI is InChI=1S/C13H9F3N2O/c1-7-6-18-10-3-2-9-11(12(10)19-7)8(4-5-17-9)13(14,15)16/h2-7H,1H3. The van der Waals surface area contributed by atoms with E-state index in [0.29, 0.717) is 5.69 Å². The Balaban J connectivity index is 2.38. The van der Waals surface area contributed by atoms with Crippen molar-refractivity contribution in [3.8, 4) is 5.75 Å². The lowest BCUT2D eigenvalue weighted by molar-refractivity contribution is -0.136. The maximum Gasteiger partial charge on any atom is 0.417 e. The minimum atomic E-state index is -4.45. The van der Waals surface area contributed by atoms with E-state index in [1.54, 1.807) is 19.2 Å². The number of fused-ring (bicyclic) bond motifs is 3. The van der Waals surface area contributed by atoms with Gasteiger partial charge in [-0.2, -0.15) is 13.2 Å². The van der Waals surface area contributed by atoms with E-state index >= 15 is 0 Å². The molecule has 0 saturated carbocycles. The fourth-order valence-corrected chi connectivity index (χ4v) is 2.06. The van der Waals surface area contributed by atoms with Gasteiger partial charge in [0.15, 0.2) is 5.75 Å². The zero-order valence-corrected chi connectivity index (χ0v) is 9.90. The molecule has 19 heavy (non-hydrogen) atoms. The molecule has 98 valence electrons. The molecule has 0 spiro atoms. The van der Waals surface area contributed by atoms with Gasteiger partial charge in [-0.25, -0.2) is 0 Å². The number of nitrogens with zero attached hydrogens (tertiary/aromatic N) is 2. The van der Waals surface area contributed by atoms with Crippen LogP contribution in [0.15, 0.2) is 29.4 Å². The van der Waals surface area contributed by atoms with Crippen LogP contribution >= 0.6 is 0 Å². The molecule has 0 fully saturated rings. The average Bonchev–Trinajstić information content (AvgIpc) is 2.36. The Morgan fingerprint density at radius 2 is 2.00 bits per heavy atom. The van der Waals surface area contributed by atoms with Crippen molar-refractivity contribution in [3.63, 3.8) is 0 Å². The van der Waals surface area contributed by atoms with Crippen LogP contribution in [0.5, 0.6) is 5.75 Å².